The Morgan fingerprint density at radius 2 is 2.06 bits per heavy atom. The lowest BCUT2D eigenvalue weighted by Crippen LogP contribution is -2.74. The number of β-lactam (4-membered cyclic amide) rings is 1. The van der Waals surface area contributed by atoms with E-state index in [0.29, 0.717) is 20.1 Å². The molecule has 2 aromatic heterocycles. The number of fused-ring (bicyclic) bond motifs is 1. The van der Waals surface area contributed by atoms with Crippen molar-refractivity contribution in [1.82, 2.24) is 25.4 Å². The summed E-state index contributed by atoms with van der Waals surface area (Å²) in [6.45, 7) is 1.65. The van der Waals surface area contributed by atoms with Crippen molar-refractivity contribution >= 4 is 81.7 Å². The lowest BCUT2D eigenvalue weighted by molar-refractivity contribution is -0.157. The number of esters is 1. The van der Waals surface area contributed by atoms with Crippen LogP contribution in [0.2, 0.25) is 0 Å². The number of thioether (sulfide) groups is 3. The maximum atomic E-state index is 12.7. The van der Waals surface area contributed by atoms with Crippen LogP contribution in [0.5, 0.6) is 0 Å². The summed E-state index contributed by atoms with van der Waals surface area (Å²) in [6, 6.07) is -0.720. The molecule has 17 heteroatoms. The number of H-pyrrole nitrogens is 1. The number of carbonyl (C=O) groups is 4. The van der Waals surface area contributed by atoms with Crippen LogP contribution in [0.4, 0.5) is 0 Å². The Kier molecular flexibility index (Phi) is 8.64. The van der Waals surface area contributed by atoms with Gasteiger partial charge in [-0.25, -0.2) is 0 Å². The summed E-state index contributed by atoms with van der Waals surface area (Å²) in [7, 11) is 0. The van der Waals surface area contributed by atoms with Crippen molar-refractivity contribution in [3.05, 3.63) is 20.7 Å². The molecular weight excluding hydrogens is 571 g/mol. The van der Waals surface area contributed by atoms with Crippen LogP contribution < -0.4 is 10.2 Å². The summed E-state index contributed by atoms with van der Waals surface area (Å²) in [6.07, 6.45) is -0.0402. The van der Waals surface area contributed by atoms with Crippen LogP contribution in [-0.4, -0.2) is 90.8 Å². The van der Waals surface area contributed by atoms with Gasteiger partial charge in [-0.15, -0.1) is 22.0 Å². The Morgan fingerprint density at radius 1 is 1.31 bits per heavy atom. The first-order valence-electron chi connectivity index (χ1n) is 10.5. The molecule has 4 rings (SSSR count). The number of nitrogens with one attached hydrogen (secondary N) is 2. The molecule has 0 aliphatic carbocycles. The topological polar surface area (TPSA) is 172 Å². The van der Waals surface area contributed by atoms with E-state index in [1.165, 1.54) is 58.4 Å². The molecule has 2 aliphatic heterocycles. The van der Waals surface area contributed by atoms with Gasteiger partial charge in [0.05, 0.1) is 6.42 Å². The van der Waals surface area contributed by atoms with E-state index < -0.39 is 17.4 Å². The number of rotatable bonds is 11. The van der Waals surface area contributed by atoms with E-state index in [1.807, 2.05) is 0 Å². The smallest absolute Gasteiger partial charge is 0.313 e. The summed E-state index contributed by atoms with van der Waals surface area (Å²) < 4.78 is 6.19. The largest absolute Gasteiger partial charge is 0.481 e. The van der Waals surface area contributed by atoms with E-state index >= 15 is 0 Å². The summed E-state index contributed by atoms with van der Waals surface area (Å²) in [4.78, 5) is 63.1. The number of hydrogen-bond donors (Lipinski definition) is 3. The van der Waals surface area contributed by atoms with Crippen molar-refractivity contribution in [2.75, 3.05) is 30.4 Å². The van der Waals surface area contributed by atoms with Crippen LogP contribution in [0.1, 0.15) is 12.6 Å². The predicted octanol–water partition coefficient (Wildman–Crippen LogP) is 0.749. The normalized spacial score (nSPS) is 23.0. The number of amides is 2. The Labute approximate surface area is 225 Å². The van der Waals surface area contributed by atoms with Crippen molar-refractivity contribution in [2.45, 2.75) is 33.4 Å². The molecule has 3 atom stereocenters. The van der Waals surface area contributed by atoms with Crippen molar-refractivity contribution < 1.29 is 29.0 Å². The van der Waals surface area contributed by atoms with E-state index in [1.54, 1.807) is 5.38 Å². The summed E-state index contributed by atoms with van der Waals surface area (Å²) in [5.74, 6) is -1.03. The second-order valence-corrected chi connectivity index (χ2v) is 13.4. The van der Waals surface area contributed by atoms with Gasteiger partial charge in [0.25, 0.3) is 0 Å². The molecule has 0 saturated carbocycles. The highest BCUT2D eigenvalue weighted by Gasteiger charge is 2.57. The maximum Gasteiger partial charge on any atom is 0.313 e. The molecule has 2 amide bonds. The number of aromatic amines is 1. The molecule has 2 unspecified atom stereocenters. The summed E-state index contributed by atoms with van der Waals surface area (Å²) in [5, 5.41) is 22.1. The van der Waals surface area contributed by atoms with Gasteiger partial charge in [-0.1, -0.05) is 46.2 Å². The standard InChI is InChI=1S/C19H21N5O7S5/c1-9(25)31-2-3-32-17-22-23-18(36-17)35-8-19(15(28)29)6-24-13(27)12(14(24)34-7-19)21-11(26)4-10-5-33-16(30)20-10/h5,12,14H,2-4,6-8H2,1H3,(H,20,30)(H,21,26)(H,28,29)/t12?,14-,19?/m1/s1. The number of nitrogens with zero attached hydrogens (tertiary/aromatic N) is 3. The Bertz CT molecular complexity index is 1220. The fourth-order valence-corrected chi connectivity index (χ4v) is 8.88. The van der Waals surface area contributed by atoms with Gasteiger partial charge in [-0.05, 0) is 0 Å². The number of aliphatic carboxylic acids is 1. The number of carboxylic acid groups (broad SMARTS) is 1. The number of carboxylic acids is 1. The van der Waals surface area contributed by atoms with Crippen LogP contribution in [0.3, 0.4) is 0 Å². The average Bonchev–Trinajstić information content (AvgIpc) is 3.46. The van der Waals surface area contributed by atoms with E-state index in [4.69, 9.17) is 4.74 Å². The zero-order valence-electron chi connectivity index (χ0n) is 18.8. The second kappa shape index (κ2) is 11.5. The van der Waals surface area contributed by atoms with Gasteiger partial charge in [-0.2, -0.15) is 0 Å². The molecule has 0 radical (unpaired) electrons. The van der Waals surface area contributed by atoms with Gasteiger partial charge in [0.2, 0.25) is 11.8 Å². The minimum atomic E-state index is -1.17. The monoisotopic (exact) mass is 591 g/mol. The number of aromatic nitrogens is 3. The van der Waals surface area contributed by atoms with Crippen molar-refractivity contribution in [3.8, 4) is 0 Å². The highest BCUT2D eigenvalue weighted by atomic mass is 32.2. The molecular formula is C19H21N5O7S5. The van der Waals surface area contributed by atoms with Crippen molar-refractivity contribution in [3.63, 3.8) is 0 Å². The quantitative estimate of drug-likeness (QED) is 0.145. The molecule has 36 heavy (non-hydrogen) atoms. The number of hydrogen-bond acceptors (Lipinski definition) is 13. The molecule has 3 N–H and O–H groups in total. The SMILES string of the molecule is CC(=O)OCCSc1nnc(SCC2(C(=O)O)CS[C@@H]3C(NC(=O)Cc4csc(=O)[nH]4)C(=O)N3C2)s1. The molecule has 2 saturated heterocycles. The molecule has 2 fully saturated rings. The maximum absolute atomic E-state index is 12.7. The van der Waals surface area contributed by atoms with Crippen LogP contribution in [0, 0.1) is 5.41 Å². The zero-order valence-corrected chi connectivity index (χ0v) is 22.8. The first kappa shape index (κ1) is 27.0. The molecule has 12 nitrogen and oxygen atoms in total. The fraction of sp³-hybridized carbons (Fsp3) is 0.526. The molecule has 2 aromatic rings. The molecule has 2 aliphatic rings. The van der Waals surface area contributed by atoms with Gasteiger partial charge in [0.15, 0.2) is 8.68 Å². The van der Waals surface area contributed by atoms with E-state index in [-0.39, 0.29) is 59.1 Å². The van der Waals surface area contributed by atoms with Crippen molar-refractivity contribution in [2.24, 2.45) is 5.41 Å². The summed E-state index contributed by atoms with van der Waals surface area (Å²) in [5.41, 5.74) is -0.687. The second-order valence-electron chi connectivity index (χ2n) is 7.96. The first-order valence-corrected chi connectivity index (χ1v) is 15.2. The lowest BCUT2D eigenvalue weighted by atomic mass is 9.89. The fourth-order valence-electron chi connectivity index (χ4n) is 3.53. The molecule has 194 valence electrons. The Morgan fingerprint density at radius 3 is 2.72 bits per heavy atom. The Balaban J connectivity index is 1.29. The van der Waals surface area contributed by atoms with Crippen LogP contribution in [0.15, 0.2) is 18.9 Å². The van der Waals surface area contributed by atoms with Gasteiger partial charge in [0.1, 0.15) is 23.4 Å². The summed E-state index contributed by atoms with van der Waals surface area (Å²) >= 11 is 6.30. The third-order valence-electron chi connectivity index (χ3n) is 5.31. The number of carbonyl (C=O) groups excluding carboxylic acids is 3. The minimum absolute atomic E-state index is 0.0402. The molecule has 4 heterocycles. The molecule has 0 bridgehead atoms. The van der Waals surface area contributed by atoms with Gasteiger partial charge >= 0.3 is 16.8 Å². The van der Waals surface area contributed by atoms with Crippen LogP contribution in [-0.2, 0) is 30.3 Å². The van der Waals surface area contributed by atoms with E-state index in [0.717, 1.165) is 11.3 Å². The highest BCUT2D eigenvalue weighted by Crippen LogP contribution is 2.45. The first-order chi connectivity index (χ1) is 17.2. The minimum Gasteiger partial charge on any atom is -0.481 e. The van der Waals surface area contributed by atoms with Crippen LogP contribution in [0.25, 0.3) is 0 Å². The Hall–Kier alpha value is -2.08. The lowest BCUT2D eigenvalue weighted by Gasteiger charge is -2.53. The molecule has 0 spiro atoms. The predicted molar refractivity (Wildman–Crippen MR) is 137 cm³/mol. The van der Waals surface area contributed by atoms with E-state index in [9.17, 15) is 29.1 Å². The number of thiazole rings is 1. The number of ether oxygens (including phenoxy) is 1. The average molecular weight is 592 g/mol. The van der Waals surface area contributed by atoms with Gasteiger partial charge < -0.3 is 25.0 Å². The third-order valence-corrected chi connectivity index (χ3v) is 11.1. The van der Waals surface area contributed by atoms with E-state index in [2.05, 4.69) is 20.5 Å². The highest BCUT2D eigenvalue weighted by molar-refractivity contribution is 8.03. The third kappa shape index (κ3) is 6.24. The van der Waals surface area contributed by atoms with Gasteiger partial charge in [0, 0.05) is 41.8 Å². The van der Waals surface area contributed by atoms with Crippen LogP contribution >= 0.6 is 58.0 Å². The van der Waals surface area contributed by atoms with Gasteiger partial charge in [-0.3, -0.25) is 24.0 Å². The van der Waals surface area contributed by atoms with Crippen molar-refractivity contribution in [1.29, 1.82) is 0 Å². The zero-order chi connectivity index (χ0) is 25.9. The molecule has 0 aromatic carbocycles.